The van der Waals surface area contributed by atoms with Crippen molar-refractivity contribution in [2.24, 2.45) is 0 Å². The summed E-state index contributed by atoms with van der Waals surface area (Å²) in [5.74, 6) is 1.56. The van der Waals surface area contributed by atoms with Crippen molar-refractivity contribution in [1.82, 2.24) is 19.9 Å². The van der Waals surface area contributed by atoms with Gasteiger partial charge in [0.25, 0.3) is 0 Å². The third-order valence-electron chi connectivity index (χ3n) is 5.22. The lowest BCUT2D eigenvalue weighted by molar-refractivity contribution is 0.127. The minimum absolute atomic E-state index is 0.0200. The molecule has 1 fully saturated rings. The van der Waals surface area contributed by atoms with Crippen LogP contribution < -0.4 is 5.32 Å². The van der Waals surface area contributed by atoms with Gasteiger partial charge in [-0.25, -0.2) is 23.4 Å². The molecule has 3 aromatic rings. The van der Waals surface area contributed by atoms with E-state index in [1.165, 1.54) is 0 Å². The van der Waals surface area contributed by atoms with Crippen LogP contribution in [0, 0.1) is 6.92 Å². The second-order valence-electron chi connectivity index (χ2n) is 8.07. The Labute approximate surface area is 182 Å². The number of nitrogens with one attached hydrogen (secondary N) is 2. The van der Waals surface area contributed by atoms with Gasteiger partial charge in [-0.2, -0.15) is 0 Å². The quantitative estimate of drug-likeness (QED) is 0.570. The fourth-order valence-electron chi connectivity index (χ4n) is 3.67. The molecule has 0 amide bonds. The van der Waals surface area contributed by atoms with Gasteiger partial charge in [0.05, 0.1) is 22.4 Å². The van der Waals surface area contributed by atoms with Gasteiger partial charge in [-0.15, -0.1) is 0 Å². The van der Waals surface area contributed by atoms with Gasteiger partial charge in [0.2, 0.25) is 5.95 Å². The van der Waals surface area contributed by atoms with E-state index in [1.807, 2.05) is 13.0 Å². The number of aromatic nitrogens is 4. The van der Waals surface area contributed by atoms with E-state index in [0.29, 0.717) is 18.2 Å². The molecule has 2 aromatic heterocycles. The summed E-state index contributed by atoms with van der Waals surface area (Å²) in [5.41, 5.74) is 3.27. The summed E-state index contributed by atoms with van der Waals surface area (Å²) in [6.07, 6.45) is 3.18. The summed E-state index contributed by atoms with van der Waals surface area (Å²) in [4.78, 5) is 17.1. The van der Waals surface area contributed by atoms with Crippen molar-refractivity contribution in [1.29, 1.82) is 0 Å². The number of aryl methyl sites for hydroxylation is 1. The number of rotatable bonds is 7. The maximum atomic E-state index is 12.6. The number of ether oxygens (including phenoxy) is 1. The average molecular weight is 442 g/mol. The van der Waals surface area contributed by atoms with Gasteiger partial charge in [-0.3, -0.25) is 0 Å². The van der Waals surface area contributed by atoms with Crippen molar-refractivity contribution in [3.8, 4) is 11.4 Å². The molecule has 0 spiro atoms. The molecule has 2 N–H and O–H groups in total. The largest absolute Gasteiger partial charge is 0.377 e. The summed E-state index contributed by atoms with van der Waals surface area (Å²) >= 11 is 0. The molecule has 9 heteroatoms. The van der Waals surface area contributed by atoms with Crippen molar-refractivity contribution >= 4 is 21.5 Å². The molecule has 0 bridgehead atoms. The minimum Gasteiger partial charge on any atom is -0.377 e. The third-order valence-corrected chi connectivity index (χ3v) is 7.03. The summed E-state index contributed by atoms with van der Waals surface area (Å²) in [7, 11) is -3.38. The Bertz CT molecular complexity index is 1150. The van der Waals surface area contributed by atoms with Crippen molar-refractivity contribution in [2.75, 3.05) is 17.7 Å². The zero-order chi connectivity index (χ0) is 22.0. The maximum Gasteiger partial charge on any atom is 0.227 e. The molecular weight excluding hydrogens is 414 g/mol. The van der Waals surface area contributed by atoms with E-state index in [1.54, 1.807) is 30.5 Å². The van der Waals surface area contributed by atoms with Gasteiger partial charge in [0, 0.05) is 24.2 Å². The molecule has 3 heterocycles. The Balaban J connectivity index is 1.51. The van der Waals surface area contributed by atoms with E-state index in [0.717, 1.165) is 35.7 Å². The first-order chi connectivity index (χ1) is 14.8. The standard InChI is InChI=1S/C22H27N5O3S/c1-14(2)20-21(25-15(3)24-20)19-10-11-23-22(27-19)26-16-6-8-18(9-7-16)31(28,29)13-17-5-4-12-30-17/h6-11,14,17H,4-5,12-13H2,1-3H3,(H,24,25)(H,23,26,27). The summed E-state index contributed by atoms with van der Waals surface area (Å²) in [6.45, 7) is 6.76. The van der Waals surface area contributed by atoms with Crippen LogP contribution in [0.15, 0.2) is 41.4 Å². The van der Waals surface area contributed by atoms with Crippen LogP contribution >= 0.6 is 0 Å². The molecule has 1 atom stereocenters. The zero-order valence-corrected chi connectivity index (χ0v) is 18.7. The van der Waals surface area contributed by atoms with Crippen molar-refractivity contribution in [2.45, 2.75) is 50.5 Å². The summed E-state index contributed by atoms with van der Waals surface area (Å²) < 4.78 is 30.7. The predicted octanol–water partition coefficient (Wildman–Crippen LogP) is 3.99. The van der Waals surface area contributed by atoms with Gasteiger partial charge in [-0.1, -0.05) is 13.8 Å². The van der Waals surface area contributed by atoms with E-state index in [9.17, 15) is 8.42 Å². The molecule has 0 saturated carbocycles. The highest BCUT2D eigenvalue weighted by Gasteiger charge is 2.24. The number of hydrogen-bond acceptors (Lipinski definition) is 7. The Morgan fingerprint density at radius 2 is 1.97 bits per heavy atom. The number of sulfone groups is 1. The van der Waals surface area contributed by atoms with Crippen LogP contribution in [0.25, 0.3) is 11.4 Å². The van der Waals surface area contributed by atoms with Gasteiger partial charge in [0.15, 0.2) is 9.84 Å². The van der Waals surface area contributed by atoms with Crippen molar-refractivity contribution in [3.63, 3.8) is 0 Å². The molecule has 1 aromatic carbocycles. The molecular formula is C22H27N5O3S. The molecule has 8 nitrogen and oxygen atoms in total. The van der Waals surface area contributed by atoms with Crippen molar-refractivity contribution < 1.29 is 13.2 Å². The first kappa shape index (κ1) is 21.5. The molecule has 1 aliphatic heterocycles. The molecule has 4 rings (SSSR count). The first-order valence-electron chi connectivity index (χ1n) is 10.4. The highest BCUT2D eigenvalue weighted by molar-refractivity contribution is 7.91. The number of aromatic amines is 1. The van der Waals surface area contributed by atoms with Crippen LogP contribution in [0.2, 0.25) is 0 Å². The monoisotopic (exact) mass is 441 g/mol. The van der Waals surface area contributed by atoms with Gasteiger partial charge in [0.1, 0.15) is 11.5 Å². The Morgan fingerprint density at radius 3 is 2.65 bits per heavy atom. The van der Waals surface area contributed by atoms with E-state index in [2.05, 4.69) is 39.1 Å². The van der Waals surface area contributed by atoms with E-state index < -0.39 is 9.84 Å². The number of hydrogen-bond donors (Lipinski definition) is 2. The number of H-pyrrole nitrogens is 1. The minimum atomic E-state index is -3.38. The normalized spacial score (nSPS) is 16.7. The third kappa shape index (κ3) is 4.94. The Kier molecular flexibility index (Phi) is 6.06. The lowest BCUT2D eigenvalue weighted by Crippen LogP contribution is -2.20. The molecule has 1 aliphatic rings. The molecule has 31 heavy (non-hydrogen) atoms. The topological polar surface area (TPSA) is 110 Å². The summed E-state index contributed by atoms with van der Waals surface area (Å²) in [5, 5.41) is 3.14. The van der Waals surface area contributed by atoms with Crippen LogP contribution in [-0.4, -0.2) is 46.8 Å². The highest BCUT2D eigenvalue weighted by atomic mass is 32.2. The van der Waals surface area contributed by atoms with E-state index in [4.69, 9.17) is 4.74 Å². The maximum absolute atomic E-state index is 12.6. The van der Waals surface area contributed by atoms with Gasteiger partial charge >= 0.3 is 0 Å². The zero-order valence-electron chi connectivity index (χ0n) is 17.9. The molecule has 0 radical (unpaired) electrons. The van der Waals surface area contributed by atoms with E-state index in [-0.39, 0.29) is 22.7 Å². The number of nitrogens with zero attached hydrogens (tertiary/aromatic N) is 3. The molecule has 164 valence electrons. The fourth-order valence-corrected chi connectivity index (χ4v) is 5.16. The fraction of sp³-hybridized carbons (Fsp3) is 0.409. The van der Waals surface area contributed by atoms with Crippen LogP contribution in [0.5, 0.6) is 0 Å². The molecule has 1 saturated heterocycles. The lowest BCUT2D eigenvalue weighted by Gasteiger charge is -2.11. The van der Waals surface area contributed by atoms with Crippen LogP contribution in [0.3, 0.4) is 0 Å². The second-order valence-corrected chi connectivity index (χ2v) is 10.1. The smallest absolute Gasteiger partial charge is 0.227 e. The van der Waals surface area contributed by atoms with Gasteiger partial charge < -0.3 is 15.0 Å². The van der Waals surface area contributed by atoms with Crippen LogP contribution in [0.4, 0.5) is 11.6 Å². The van der Waals surface area contributed by atoms with Crippen molar-refractivity contribution in [3.05, 3.63) is 48.0 Å². The second kappa shape index (κ2) is 8.76. The molecule has 0 aliphatic carbocycles. The Hall–Kier alpha value is -2.78. The average Bonchev–Trinajstić information content (AvgIpc) is 3.38. The van der Waals surface area contributed by atoms with E-state index >= 15 is 0 Å². The summed E-state index contributed by atoms with van der Waals surface area (Å²) in [6, 6.07) is 8.47. The number of anilines is 2. The van der Waals surface area contributed by atoms with Crippen LogP contribution in [0.1, 0.15) is 44.1 Å². The number of imidazole rings is 1. The predicted molar refractivity (Wildman–Crippen MR) is 119 cm³/mol. The highest BCUT2D eigenvalue weighted by Crippen LogP contribution is 2.27. The number of benzene rings is 1. The molecule has 1 unspecified atom stereocenters. The van der Waals surface area contributed by atoms with Crippen LogP contribution in [-0.2, 0) is 14.6 Å². The first-order valence-corrected chi connectivity index (χ1v) is 12.1. The lowest BCUT2D eigenvalue weighted by atomic mass is 10.1. The SMILES string of the molecule is Cc1nc(-c2ccnc(Nc3ccc(S(=O)(=O)CC4CCCO4)cc3)n2)c(C(C)C)[nH]1. The Morgan fingerprint density at radius 1 is 1.19 bits per heavy atom. The van der Waals surface area contributed by atoms with Gasteiger partial charge in [-0.05, 0) is 56.0 Å².